The van der Waals surface area contributed by atoms with E-state index in [1.54, 1.807) is 0 Å². The van der Waals surface area contributed by atoms with Crippen molar-refractivity contribution >= 4 is 0 Å². The Balaban J connectivity index is 1.85. The lowest BCUT2D eigenvalue weighted by atomic mass is 9.69. The van der Waals surface area contributed by atoms with E-state index in [4.69, 9.17) is 4.74 Å². The second-order valence-corrected chi connectivity index (χ2v) is 7.33. The fourth-order valence-corrected chi connectivity index (χ4v) is 4.61. The van der Waals surface area contributed by atoms with Crippen LogP contribution in [0.5, 0.6) is 0 Å². The summed E-state index contributed by atoms with van der Waals surface area (Å²) in [6, 6.07) is 0.766. The van der Waals surface area contributed by atoms with Crippen molar-refractivity contribution in [3.8, 4) is 0 Å². The molecule has 0 amide bonds. The minimum atomic E-state index is 0.570. The molecule has 0 aliphatic heterocycles. The van der Waals surface area contributed by atoms with Crippen molar-refractivity contribution < 1.29 is 4.74 Å². The molecule has 0 heterocycles. The minimum Gasteiger partial charge on any atom is -0.378 e. The fraction of sp³-hybridized carbons (Fsp3) is 1.00. The van der Waals surface area contributed by atoms with E-state index in [1.165, 1.54) is 64.3 Å². The van der Waals surface area contributed by atoms with Crippen LogP contribution < -0.4 is 5.32 Å². The summed E-state index contributed by atoms with van der Waals surface area (Å²) in [5, 5.41) is 3.91. The summed E-state index contributed by atoms with van der Waals surface area (Å²) < 4.78 is 5.74. The lowest BCUT2D eigenvalue weighted by Gasteiger charge is -2.42. The number of nitrogens with one attached hydrogen (secondary N) is 1. The summed E-state index contributed by atoms with van der Waals surface area (Å²) in [6.45, 7) is 8.88. The van der Waals surface area contributed by atoms with Gasteiger partial charge < -0.3 is 10.1 Å². The molecule has 2 heteroatoms. The lowest BCUT2D eigenvalue weighted by Crippen LogP contribution is -2.45. The molecule has 2 aliphatic carbocycles. The van der Waals surface area contributed by atoms with Crippen molar-refractivity contribution in [2.75, 3.05) is 13.2 Å². The van der Waals surface area contributed by atoms with Crippen LogP contribution in [0.1, 0.15) is 78.6 Å². The molecule has 21 heavy (non-hydrogen) atoms. The molecule has 2 saturated carbocycles. The molecule has 124 valence electrons. The monoisotopic (exact) mass is 295 g/mol. The number of ether oxygens (including phenoxy) is 1. The molecule has 0 bridgehead atoms. The Morgan fingerprint density at radius 3 is 2.52 bits per heavy atom. The zero-order valence-electron chi connectivity index (χ0n) is 14.6. The number of hydrogen-bond donors (Lipinski definition) is 1. The highest BCUT2D eigenvalue weighted by molar-refractivity contribution is 4.90. The topological polar surface area (TPSA) is 21.3 Å². The van der Waals surface area contributed by atoms with Crippen LogP contribution in [0.25, 0.3) is 0 Å². The predicted octanol–water partition coefficient (Wildman–Crippen LogP) is 4.78. The Morgan fingerprint density at radius 2 is 1.86 bits per heavy atom. The SMILES string of the molecule is CCCNC(CC1CC(OCC)C1)C1CCCCC1CC. The highest BCUT2D eigenvalue weighted by atomic mass is 16.5. The molecular formula is C19H37NO. The fourth-order valence-electron chi connectivity index (χ4n) is 4.61. The van der Waals surface area contributed by atoms with Crippen LogP contribution in [-0.2, 0) is 4.74 Å². The molecular weight excluding hydrogens is 258 g/mol. The second kappa shape index (κ2) is 9.15. The second-order valence-electron chi connectivity index (χ2n) is 7.33. The van der Waals surface area contributed by atoms with E-state index in [-0.39, 0.29) is 0 Å². The smallest absolute Gasteiger partial charge is 0.0580 e. The standard InChI is InChI=1S/C19H37NO/c1-4-11-20-19(14-15-12-17(13-15)21-6-3)18-10-8-7-9-16(18)5-2/h15-20H,4-14H2,1-3H3. The summed E-state index contributed by atoms with van der Waals surface area (Å²) >= 11 is 0. The largest absolute Gasteiger partial charge is 0.378 e. The van der Waals surface area contributed by atoms with E-state index in [2.05, 4.69) is 26.1 Å². The summed E-state index contributed by atoms with van der Waals surface area (Å²) in [5.41, 5.74) is 0. The van der Waals surface area contributed by atoms with Gasteiger partial charge >= 0.3 is 0 Å². The van der Waals surface area contributed by atoms with Gasteiger partial charge in [0.15, 0.2) is 0 Å². The Labute approximate surface area is 132 Å². The third kappa shape index (κ3) is 4.96. The average Bonchev–Trinajstić information content (AvgIpc) is 2.48. The third-order valence-electron chi connectivity index (χ3n) is 5.85. The van der Waals surface area contributed by atoms with E-state index in [1.807, 2.05) is 0 Å². The molecule has 3 unspecified atom stereocenters. The molecule has 0 aromatic carbocycles. The summed E-state index contributed by atoms with van der Waals surface area (Å²) in [5.74, 6) is 2.81. The summed E-state index contributed by atoms with van der Waals surface area (Å²) in [6.07, 6.45) is 13.1. The van der Waals surface area contributed by atoms with Gasteiger partial charge in [-0.05, 0) is 63.3 Å². The van der Waals surface area contributed by atoms with Crippen molar-refractivity contribution in [2.24, 2.45) is 17.8 Å². The Bertz CT molecular complexity index is 275. The molecule has 0 spiro atoms. The van der Waals surface area contributed by atoms with Gasteiger partial charge in [0.1, 0.15) is 0 Å². The van der Waals surface area contributed by atoms with Gasteiger partial charge in [0.2, 0.25) is 0 Å². The maximum absolute atomic E-state index is 5.74. The molecule has 2 aliphatic rings. The molecule has 2 rings (SSSR count). The number of hydrogen-bond acceptors (Lipinski definition) is 2. The van der Waals surface area contributed by atoms with Crippen LogP contribution in [0.15, 0.2) is 0 Å². The van der Waals surface area contributed by atoms with Crippen molar-refractivity contribution in [3.63, 3.8) is 0 Å². The van der Waals surface area contributed by atoms with E-state index >= 15 is 0 Å². The molecule has 0 saturated heterocycles. The van der Waals surface area contributed by atoms with Crippen molar-refractivity contribution in [2.45, 2.75) is 90.7 Å². The Hall–Kier alpha value is -0.0800. The maximum atomic E-state index is 5.74. The molecule has 0 radical (unpaired) electrons. The van der Waals surface area contributed by atoms with Crippen LogP contribution in [0.4, 0.5) is 0 Å². The van der Waals surface area contributed by atoms with Gasteiger partial charge in [-0.3, -0.25) is 0 Å². The highest BCUT2D eigenvalue weighted by Crippen LogP contribution is 2.40. The molecule has 0 aromatic rings. The van der Waals surface area contributed by atoms with Gasteiger partial charge in [-0.15, -0.1) is 0 Å². The Kier molecular flexibility index (Phi) is 7.53. The molecule has 0 aromatic heterocycles. The molecule has 2 fully saturated rings. The first kappa shape index (κ1) is 17.3. The van der Waals surface area contributed by atoms with Gasteiger partial charge in [-0.25, -0.2) is 0 Å². The van der Waals surface area contributed by atoms with E-state index < -0.39 is 0 Å². The van der Waals surface area contributed by atoms with Crippen molar-refractivity contribution in [1.29, 1.82) is 0 Å². The summed E-state index contributed by atoms with van der Waals surface area (Å²) in [7, 11) is 0. The number of rotatable bonds is 9. The van der Waals surface area contributed by atoms with Gasteiger partial charge in [0.25, 0.3) is 0 Å². The van der Waals surface area contributed by atoms with Crippen LogP contribution >= 0.6 is 0 Å². The highest BCUT2D eigenvalue weighted by Gasteiger charge is 2.36. The van der Waals surface area contributed by atoms with E-state index in [9.17, 15) is 0 Å². The van der Waals surface area contributed by atoms with Crippen LogP contribution in [0.2, 0.25) is 0 Å². The van der Waals surface area contributed by atoms with Crippen LogP contribution in [0.3, 0.4) is 0 Å². The van der Waals surface area contributed by atoms with E-state index in [0.29, 0.717) is 6.10 Å². The van der Waals surface area contributed by atoms with Gasteiger partial charge in [0, 0.05) is 12.6 Å². The molecule has 3 atom stereocenters. The maximum Gasteiger partial charge on any atom is 0.0580 e. The molecule has 1 N–H and O–H groups in total. The lowest BCUT2D eigenvalue weighted by molar-refractivity contribution is -0.0326. The quantitative estimate of drug-likeness (QED) is 0.661. The Morgan fingerprint density at radius 1 is 1.10 bits per heavy atom. The van der Waals surface area contributed by atoms with Crippen molar-refractivity contribution in [3.05, 3.63) is 0 Å². The summed E-state index contributed by atoms with van der Waals surface area (Å²) in [4.78, 5) is 0. The average molecular weight is 296 g/mol. The first-order valence-corrected chi connectivity index (χ1v) is 9.63. The predicted molar refractivity (Wildman–Crippen MR) is 90.6 cm³/mol. The van der Waals surface area contributed by atoms with Gasteiger partial charge in [-0.1, -0.05) is 39.5 Å². The third-order valence-corrected chi connectivity index (χ3v) is 5.85. The normalized spacial score (nSPS) is 34.4. The molecule has 2 nitrogen and oxygen atoms in total. The van der Waals surface area contributed by atoms with Gasteiger partial charge in [-0.2, -0.15) is 0 Å². The minimum absolute atomic E-state index is 0.570. The zero-order valence-corrected chi connectivity index (χ0v) is 14.6. The first-order chi connectivity index (χ1) is 10.3. The zero-order chi connectivity index (χ0) is 15.1. The van der Waals surface area contributed by atoms with Crippen LogP contribution in [0, 0.1) is 17.8 Å². The first-order valence-electron chi connectivity index (χ1n) is 9.63. The van der Waals surface area contributed by atoms with Gasteiger partial charge in [0.05, 0.1) is 6.10 Å². The van der Waals surface area contributed by atoms with Crippen LogP contribution in [-0.4, -0.2) is 25.3 Å². The van der Waals surface area contributed by atoms with Crippen molar-refractivity contribution in [1.82, 2.24) is 5.32 Å². The van der Waals surface area contributed by atoms with E-state index in [0.717, 1.165) is 30.4 Å².